The predicted octanol–water partition coefficient (Wildman–Crippen LogP) is 1.29. The highest BCUT2D eigenvalue weighted by atomic mass is 19.1. The molecule has 2 saturated heterocycles. The van der Waals surface area contributed by atoms with Crippen molar-refractivity contribution < 1.29 is 9.18 Å². The lowest BCUT2D eigenvalue weighted by molar-refractivity contribution is -0.137. The van der Waals surface area contributed by atoms with Crippen LogP contribution in [0.3, 0.4) is 0 Å². The van der Waals surface area contributed by atoms with Crippen LogP contribution in [-0.2, 0) is 4.79 Å². The Labute approximate surface area is 143 Å². The third-order valence-corrected chi connectivity index (χ3v) is 5.34. The summed E-state index contributed by atoms with van der Waals surface area (Å²) in [5, 5.41) is 0. The second kappa shape index (κ2) is 7.49. The second-order valence-corrected chi connectivity index (χ2v) is 6.74. The van der Waals surface area contributed by atoms with Crippen LogP contribution in [0, 0.1) is 5.82 Å². The van der Waals surface area contributed by atoms with Crippen LogP contribution < -0.4 is 10.6 Å². The lowest BCUT2D eigenvalue weighted by Gasteiger charge is -2.40. The van der Waals surface area contributed by atoms with Gasteiger partial charge in [-0.15, -0.1) is 0 Å². The van der Waals surface area contributed by atoms with Gasteiger partial charge in [-0.1, -0.05) is 0 Å². The zero-order chi connectivity index (χ0) is 17.1. The van der Waals surface area contributed by atoms with Gasteiger partial charge in [-0.25, -0.2) is 4.39 Å². The molecule has 132 valence electrons. The summed E-state index contributed by atoms with van der Waals surface area (Å²) in [4.78, 5) is 19.2. The second-order valence-electron chi connectivity index (χ2n) is 6.74. The van der Waals surface area contributed by atoms with E-state index in [9.17, 15) is 9.18 Å². The first-order valence-electron chi connectivity index (χ1n) is 8.85. The minimum absolute atomic E-state index is 0.104. The minimum Gasteiger partial charge on any atom is -0.369 e. The minimum atomic E-state index is -0.211. The van der Waals surface area contributed by atoms with Crippen molar-refractivity contribution in [3.05, 3.63) is 30.1 Å². The maximum atomic E-state index is 13.0. The molecule has 2 heterocycles. The van der Waals surface area contributed by atoms with Crippen LogP contribution in [0.15, 0.2) is 24.3 Å². The summed E-state index contributed by atoms with van der Waals surface area (Å²) in [5.41, 5.74) is 6.83. The van der Waals surface area contributed by atoms with Gasteiger partial charge < -0.3 is 15.5 Å². The van der Waals surface area contributed by atoms with Crippen LogP contribution >= 0.6 is 0 Å². The molecule has 2 fully saturated rings. The maximum absolute atomic E-state index is 13.0. The number of anilines is 1. The molecule has 2 unspecified atom stereocenters. The quantitative estimate of drug-likeness (QED) is 0.901. The predicted molar refractivity (Wildman–Crippen MR) is 93.4 cm³/mol. The average Bonchev–Trinajstić information content (AvgIpc) is 3.10. The van der Waals surface area contributed by atoms with E-state index in [1.54, 1.807) is 0 Å². The molecule has 0 aromatic heterocycles. The van der Waals surface area contributed by atoms with E-state index in [1.807, 2.05) is 24.0 Å². The molecule has 2 atom stereocenters. The third-order valence-electron chi connectivity index (χ3n) is 5.34. The van der Waals surface area contributed by atoms with Crippen molar-refractivity contribution in [2.75, 3.05) is 44.2 Å². The molecule has 2 aliphatic heterocycles. The highest BCUT2D eigenvalue weighted by molar-refractivity contribution is 5.82. The number of likely N-dealkylation sites (tertiary alicyclic amines) is 1. The Morgan fingerprint density at radius 2 is 1.88 bits per heavy atom. The molecule has 0 bridgehead atoms. The molecule has 24 heavy (non-hydrogen) atoms. The Bertz CT molecular complexity index is 557. The Hall–Kier alpha value is -1.66. The number of nitrogens with two attached hydrogens (primary N) is 1. The molecule has 0 spiro atoms. The standard InChI is InChI=1S/C18H27FN4O/c1-14(18(24)23-8-2-3-17(23)13-20)21-9-11-22(12-10-21)16-6-4-15(19)5-7-16/h4-7,14,17H,2-3,8-13,20H2,1H3. The highest BCUT2D eigenvalue weighted by Crippen LogP contribution is 2.21. The number of nitrogens with zero attached hydrogens (tertiary/aromatic N) is 3. The van der Waals surface area contributed by atoms with E-state index in [0.717, 1.165) is 51.3 Å². The third kappa shape index (κ3) is 3.54. The van der Waals surface area contributed by atoms with Gasteiger partial charge in [0.1, 0.15) is 5.82 Å². The summed E-state index contributed by atoms with van der Waals surface area (Å²) in [5.74, 6) is -0.00476. The van der Waals surface area contributed by atoms with E-state index in [1.165, 1.54) is 12.1 Å². The van der Waals surface area contributed by atoms with Crippen LogP contribution in [-0.4, -0.2) is 67.1 Å². The molecule has 1 aromatic carbocycles. The van der Waals surface area contributed by atoms with Crippen molar-refractivity contribution in [3.8, 4) is 0 Å². The van der Waals surface area contributed by atoms with Crippen molar-refractivity contribution >= 4 is 11.6 Å². The van der Waals surface area contributed by atoms with Crippen LogP contribution in [0.2, 0.25) is 0 Å². The summed E-state index contributed by atoms with van der Waals surface area (Å²) >= 11 is 0. The van der Waals surface area contributed by atoms with Gasteiger partial charge in [-0.3, -0.25) is 9.69 Å². The van der Waals surface area contributed by atoms with Crippen molar-refractivity contribution in [1.82, 2.24) is 9.80 Å². The number of carbonyl (C=O) groups is 1. The van der Waals surface area contributed by atoms with Crippen molar-refractivity contribution in [3.63, 3.8) is 0 Å². The first kappa shape index (κ1) is 17.2. The SMILES string of the molecule is CC(C(=O)N1CCCC1CN)N1CCN(c2ccc(F)cc2)CC1. The van der Waals surface area contributed by atoms with Gasteiger partial charge in [0.25, 0.3) is 0 Å². The number of piperazine rings is 1. The molecule has 0 aliphatic carbocycles. The maximum Gasteiger partial charge on any atom is 0.239 e. The fourth-order valence-electron chi connectivity index (χ4n) is 3.79. The van der Waals surface area contributed by atoms with Crippen LogP contribution in [0.4, 0.5) is 10.1 Å². The molecule has 1 amide bonds. The molecule has 6 heteroatoms. The molecular formula is C18H27FN4O. The molecule has 2 aliphatic rings. The normalized spacial score (nSPS) is 23.5. The van der Waals surface area contributed by atoms with E-state index < -0.39 is 0 Å². The molecule has 1 aromatic rings. The highest BCUT2D eigenvalue weighted by Gasteiger charge is 2.34. The lowest BCUT2D eigenvalue weighted by atomic mass is 10.1. The average molecular weight is 334 g/mol. The van der Waals surface area contributed by atoms with E-state index in [0.29, 0.717) is 6.54 Å². The van der Waals surface area contributed by atoms with Gasteiger partial charge in [-0.05, 0) is 44.0 Å². The molecule has 2 N–H and O–H groups in total. The van der Waals surface area contributed by atoms with E-state index in [2.05, 4.69) is 9.80 Å². The van der Waals surface area contributed by atoms with Crippen molar-refractivity contribution in [1.29, 1.82) is 0 Å². The van der Waals surface area contributed by atoms with Crippen LogP contribution in [0.5, 0.6) is 0 Å². The number of rotatable bonds is 4. The van der Waals surface area contributed by atoms with Gasteiger partial charge in [-0.2, -0.15) is 0 Å². The molecule has 5 nitrogen and oxygen atoms in total. The van der Waals surface area contributed by atoms with Gasteiger partial charge in [0.15, 0.2) is 0 Å². The van der Waals surface area contributed by atoms with Crippen molar-refractivity contribution in [2.24, 2.45) is 5.73 Å². The summed E-state index contributed by atoms with van der Waals surface area (Å²) in [6.07, 6.45) is 2.08. The zero-order valence-electron chi connectivity index (χ0n) is 14.3. The number of benzene rings is 1. The molecular weight excluding hydrogens is 307 g/mol. The van der Waals surface area contributed by atoms with Gasteiger partial charge >= 0.3 is 0 Å². The number of amides is 1. The van der Waals surface area contributed by atoms with Crippen molar-refractivity contribution in [2.45, 2.75) is 31.8 Å². The van der Waals surface area contributed by atoms with Crippen LogP contribution in [0.1, 0.15) is 19.8 Å². The smallest absolute Gasteiger partial charge is 0.239 e. The Balaban J connectivity index is 1.55. The number of carbonyl (C=O) groups excluding carboxylic acids is 1. The summed E-state index contributed by atoms with van der Waals surface area (Å²) < 4.78 is 13.0. The number of hydrogen-bond donors (Lipinski definition) is 1. The van der Waals surface area contributed by atoms with E-state index in [-0.39, 0.29) is 23.8 Å². The Morgan fingerprint density at radius 3 is 2.50 bits per heavy atom. The van der Waals surface area contributed by atoms with Gasteiger partial charge in [0, 0.05) is 51.0 Å². The Kier molecular flexibility index (Phi) is 5.36. The lowest BCUT2D eigenvalue weighted by Crippen LogP contribution is -2.55. The largest absolute Gasteiger partial charge is 0.369 e. The first-order chi connectivity index (χ1) is 11.6. The first-order valence-corrected chi connectivity index (χ1v) is 8.85. The molecule has 0 radical (unpaired) electrons. The number of hydrogen-bond acceptors (Lipinski definition) is 4. The fourth-order valence-corrected chi connectivity index (χ4v) is 3.79. The van der Waals surface area contributed by atoms with Gasteiger partial charge in [0.2, 0.25) is 5.91 Å². The molecule has 0 saturated carbocycles. The fraction of sp³-hybridized carbons (Fsp3) is 0.611. The number of halogens is 1. The Morgan fingerprint density at radius 1 is 1.21 bits per heavy atom. The van der Waals surface area contributed by atoms with E-state index in [4.69, 9.17) is 5.73 Å². The van der Waals surface area contributed by atoms with Gasteiger partial charge in [0.05, 0.1) is 6.04 Å². The monoisotopic (exact) mass is 334 g/mol. The summed E-state index contributed by atoms with van der Waals surface area (Å²) in [6, 6.07) is 6.72. The summed E-state index contributed by atoms with van der Waals surface area (Å²) in [6.45, 7) is 6.77. The topological polar surface area (TPSA) is 52.8 Å². The van der Waals surface area contributed by atoms with E-state index >= 15 is 0 Å². The zero-order valence-corrected chi connectivity index (χ0v) is 14.3. The molecule has 3 rings (SSSR count). The van der Waals surface area contributed by atoms with Crippen LogP contribution in [0.25, 0.3) is 0 Å². The summed E-state index contributed by atoms with van der Waals surface area (Å²) in [7, 11) is 0.